The lowest BCUT2D eigenvalue weighted by atomic mass is 10.2. The molecule has 0 bridgehead atoms. The monoisotopic (exact) mass is 184 g/mol. The van der Waals surface area contributed by atoms with E-state index < -0.39 is 6.04 Å². The molecule has 1 aromatic heterocycles. The topological polar surface area (TPSA) is 89.0 Å². The van der Waals surface area contributed by atoms with Crippen molar-refractivity contribution in [2.45, 2.75) is 6.04 Å². The minimum absolute atomic E-state index is 0.372. The fourth-order valence-corrected chi connectivity index (χ4v) is 1.14. The minimum Gasteiger partial charge on any atom is -0.252 e. The Hall–Kier alpha value is -2.47. The Morgan fingerprint density at radius 2 is 2.29 bits per heavy atom. The zero-order chi connectivity index (χ0) is 9.97. The Morgan fingerprint density at radius 1 is 1.43 bits per heavy atom. The van der Waals surface area contributed by atoms with Gasteiger partial charge in [0.15, 0.2) is 18.1 Å². The van der Waals surface area contributed by atoms with E-state index in [-0.39, 0.29) is 0 Å². The third-order valence-corrected chi connectivity index (χ3v) is 1.77. The molecule has 1 aliphatic rings. The number of nitrogens with zero attached hydrogens (tertiary/aromatic N) is 6. The first-order valence-corrected chi connectivity index (χ1v) is 3.79. The molecule has 2 rings (SSSR count). The zero-order valence-corrected chi connectivity index (χ0v) is 6.99. The second-order valence-corrected chi connectivity index (χ2v) is 2.55. The first-order chi connectivity index (χ1) is 6.86. The van der Waals surface area contributed by atoms with Crippen molar-refractivity contribution in [1.82, 2.24) is 9.97 Å². The number of hydrogen-bond donors (Lipinski definition) is 0. The predicted octanol–water partition coefficient (Wildman–Crippen LogP) is 0.372. The molecule has 1 unspecified atom stereocenters. The molecule has 0 fully saturated rings. The minimum atomic E-state index is -0.678. The maximum absolute atomic E-state index is 8.84. The van der Waals surface area contributed by atoms with Crippen LogP contribution in [0, 0.1) is 22.8 Å². The second-order valence-electron chi connectivity index (χ2n) is 2.55. The first-order valence-electron chi connectivity index (χ1n) is 3.79. The van der Waals surface area contributed by atoms with E-state index >= 15 is 0 Å². The molecule has 0 N–H and O–H groups in total. The van der Waals surface area contributed by atoms with E-state index in [4.69, 9.17) is 10.5 Å². The number of aromatic nitrogens is 2. The SMILES string of the molecule is N#CC1C=Nc2cncnc2N1C#N. The normalized spacial score (nSPS) is 18.1. The van der Waals surface area contributed by atoms with Gasteiger partial charge in [0.05, 0.1) is 12.3 Å². The van der Waals surface area contributed by atoms with E-state index in [9.17, 15) is 0 Å². The van der Waals surface area contributed by atoms with Crippen molar-refractivity contribution in [3.63, 3.8) is 0 Å². The molecule has 1 aliphatic heterocycles. The third-order valence-electron chi connectivity index (χ3n) is 1.77. The van der Waals surface area contributed by atoms with E-state index in [2.05, 4.69) is 15.0 Å². The van der Waals surface area contributed by atoms with E-state index in [0.717, 1.165) is 0 Å². The van der Waals surface area contributed by atoms with Crippen LogP contribution >= 0.6 is 0 Å². The molecule has 6 nitrogen and oxygen atoms in total. The molecule has 0 spiro atoms. The summed E-state index contributed by atoms with van der Waals surface area (Å²) in [7, 11) is 0. The standard InChI is InChI=1S/C8H4N6/c9-1-6-2-12-7-3-11-5-13-8(7)14(6)4-10/h2-3,5-6H. The summed E-state index contributed by atoms with van der Waals surface area (Å²) in [5.74, 6) is 0.372. The van der Waals surface area contributed by atoms with Gasteiger partial charge in [-0.1, -0.05) is 0 Å². The van der Waals surface area contributed by atoms with Gasteiger partial charge < -0.3 is 0 Å². The molecule has 0 saturated heterocycles. The molecule has 1 atom stereocenters. The highest BCUT2D eigenvalue weighted by Crippen LogP contribution is 2.28. The summed E-state index contributed by atoms with van der Waals surface area (Å²) < 4.78 is 0. The predicted molar refractivity (Wildman–Crippen MR) is 47.7 cm³/mol. The molecule has 14 heavy (non-hydrogen) atoms. The highest BCUT2D eigenvalue weighted by atomic mass is 15.2. The van der Waals surface area contributed by atoms with Gasteiger partial charge >= 0.3 is 0 Å². The number of fused-ring (bicyclic) bond motifs is 1. The largest absolute Gasteiger partial charge is 0.252 e. The number of nitriles is 2. The van der Waals surface area contributed by atoms with Crippen molar-refractivity contribution in [2.24, 2.45) is 4.99 Å². The van der Waals surface area contributed by atoms with Crippen LogP contribution in [0.3, 0.4) is 0 Å². The highest BCUT2D eigenvalue weighted by Gasteiger charge is 2.24. The first kappa shape index (κ1) is 8.14. The van der Waals surface area contributed by atoms with Crippen LogP contribution in [-0.4, -0.2) is 22.2 Å². The van der Waals surface area contributed by atoms with E-state index in [0.29, 0.717) is 11.5 Å². The van der Waals surface area contributed by atoms with Gasteiger partial charge in [0.1, 0.15) is 12.0 Å². The van der Waals surface area contributed by atoms with Gasteiger partial charge in [-0.15, -0.1) is 0 Å². The number of aliphatic imine (C=N–C) groups is 1. The molecule has 0 aromatic carbocycles. The van der Waals surface area contributed by atoms with Crippen molar-refractivity contribution in [3.05, 3.63) is 12.5 Å². The summed E-state index contributed by atoms with van der Waals surface area (Å²) in [4.78, 5) is 12.8. The van der Waals surface area contributed by atoms with E-state index in [1.165, 1.54) is 23.6 Å². The second kappa shape index (κ2) is 3.11. The fourth-order valence-electron chi connectivity index (χ4n) is 1.14. The lowest BCUT2D eigenvalue weighted by molar-refractivity contribution is 0.947. The number of anilines is 1. The molecule has 0 saturated carbocycles. The summed E-state index contributed by atoms with van der Waals surface area (Å²) in [6.45, 7) is 0. The van der Waals surface area contributed by atoms with E-state index in [1.807, 2.05) is 12.3 Å². The zero-order valence-electron chi connectivity index (χ0n) is 6.99. The Labute approximate surface area is 79.8 Å². The van der Waals surface area contributed by atoms with Gasteiger partial charge in [0.25, 0.3) is 0 Å². The summed E-state index contributed by atoms with van der Waals surface area (Å²) in [6.07, 6.45) is 6.10. The average molecular weight is 184 g/mol. The molecule has 2 heterocycles. The highest BCUT2D eigenvalue weighted by molar-refractivity contribution is 5.85. The van der Waals surface area contributed by atoms with Crippen molar-refractivity contribution in [3.8, 4) is 12.3 Å². The van der Waals surface area contributed by atoms with Crippen LogP contribution in [-0.2, 0) is 0 Å². The Kier molecular flexibility index (Phi) is 1.81. The third kappa shape index (κ3) is 1.06. The molecule has 1 aromatic rings. The summed E-state index contributed by atoms with van der Waals surface area (Å²) in [5.41, 5.74) is 0.501. The van der Waals surface area contributed by atoms with Crippen LogP contribution in [0.1, 0.15) is 0 Å². The van der Waals surface area contributed by atoms with Crippen LogP contribution in [0.15, 0.2) is 17.5 Å². The van der Waals surface area contributed by atoms with Gasteiger partial charge in [-0.05, 0) is 0 Å². The number of rotatable bonds is 0. The van der Waals surface area contributed by atoms with Crippen molar-refractivity contribution in [2.75, 3.05) is 4.90 Å². The van der Waals surface area contributed by atoms with Crippen LogP contribution < -0.4 is 4.90 Å². The maximum atomic E-state index is 8.84. The maximum Gasteiger partial charge on any atom is 0.187 e. The summed E-state index contributed by atoms with van der Waals surface area (Å²) in [5, 5.41) is 17.6. The van der Waals surface area contributed by atoms with Gasteiger partial charge in [0, 0.05) is 6.21 Å². The Morgan fingerprint density at radius 3 is 3.00 bits per heavy atom. The van der Waals surface area contributed by atoms with Gasteiger partial charge in [-0.2, -0.15) is 10.5 Å². The van der Waals surface area contributed by atoms with Gasteiger partial charge in [-0.3, -0.25) is 4.99 Å². The molecule has 66 valence electrons. The van der Waals surface area contributed by atoms with Crippen molar-refractivity contribution < 1.29 is 0 Å². The smallest absolute Gasteiger partial charge is 0.187 e. The fraction of sp³-hybridized carbons (Fsp3) is 0.125. The quantitative estimate of drug-likeness (QED) is 0.543. The molecule has 0 radical (unpaired) electrons. The van der Waals surface area contributed by atoms with E-state index in [1.54, 1.807) is 0 Å². The van der Waals surface area contributed by atoms with Crippen LogP contribution in [0.2, 0.25) is 0 Å². The Bertz CT molecular complexity index is 465. The van der Waals surface area contributed by atoms with Crippen molar-refractivity contribution >= 4 is 17.7 Å². The molecule has 0 aliphatic carbocycles. The van der Waals surface area contributed by atoms with Crippen molar-refractivity contribution in [1.29, 1.82) is 10.5 Å². The van der Waals surface area contributed by atoms with Crippen LogP contribution in [0.5, 0.6) is 0 Å². The molecular weight excluding hydrogens is 180 g/mol. The summed E-state index contributed by atoms with van der Waals surface area (Å²) >= 11 is 0. The lowest BCUT2D eigenvalue weighted by Gasteiger charge is -2.21. The average Bonchev–Trinajstić information content (AvgIpc) is 2.27. The molecular formula is C8H4N6. The molecule has 0 amide bonds. The van der Waals surface area contributed by atoms with Gasteiger partial charge in [-0.25, -0.2) is 14.9 Å². The van der Waals surface area contributed by atoms with Crippen LogP contribution in [0.4, 0.5) is 11.5 Å². The number of hydrogen-bond acceptors (Lipinski definition) is 6. The summed E-state index contributed by atoms with van der Waals surface area (Å²) in [6, 6.07) is 1.26. The Balaban J connectivity index is 2.55. The van der Waals surface area contributed by atoms with Crippen LogP contribution in [0.25, 0.3) is 0 Å². The lowest BCUT2D eigenvalue weighted by Crippen LogP contribution is -2.33. The molecule has 6 heteroatoms. The van der Waals surface area contributed by atoms with Gasteiger partial charge in [0.2, 0.25) is 0 Å².